The van der Waals surface area contributed by atoms with Gasteiger partial charge in [-0.25, -0.2) is 4.79 Å². The number of carbonyl (C=O) groups is 2. The van der Waals surface area contributed by atoms with E-state index in [1.807, 2.05) is 0 Å². The van der Waals surface area contributed by atoms with Crippen LogP contribution in [0.2, 0.25) is 0 Å². The largest absolute Gasteiger partial charge is 0.480 e. The van der Waals surface area contributed by atoms with E-state index in [-0.39, 0.29) is 5.91 Å². The predicted octanol–water partition coefficient (Wildman–Crippen LogP) is 1.31. The van der Waals surface area contributed by atoms with E-state index in [2.05, 4.69) is 27.6 Å². The Balaban J connectivity index is 2.18. The molecule has 1 amide bonds. The van der Waals surface area contributed by atoms with Gasteiger partial charge in [0.15, 0.2) is 0 Å². The molecule has 1 atom stereocenters. The van der Waals surface area contributed by atoms with Crippen molar-refractivity contribution in [2.45, 2.75) is 18.9 Å². The van der Waals surface area contributed by atoms with Crippen molar-refractivity contribution in [2.75, 3.05) is 6.54 Å². The molecule has 0 spiro atoms. The van der Waals surface area contributed by atoms with Crippen molar-refractivity contribution in [3.63, 3.8) is 0 Å². The smallest absolute Gasteiger partial charge is 0.326 e. The molecular formula is C10H11IN2O3. The normalized spacial score (nSPS) is 20.1. The summed E-state index contributed by atoms with van der Waals surface area (Å²) in [5.41, 5.74) is 0.456. The molecule has 0 bridgehead atoms. The zero-order chi connectivity index (χ0) is 11.7. The first-order chi connectivity index (χ1) is 7.59. The Kier molecular flexibility index (Phi) is 3.17. The fourth-order valence-corrected chi connectivity index (χ4v) is 2.38. The molecule has 16 heavy (non-hydrogen) atoms. The van der Waals surface area contributed by atoms with Crippen LogP contribution in [0.3, 0.4) is 0 Å². The molecule has 1 aromatic rings. The lowest BCUT2D eigenvalue weighted by Crippen LogP contribution is -2.40. The fourth-order valence-electron chi connectivity index (χ4n) is 1.91. The number of halogens is 1. The number of carboxylic acid groups (broad SMARTS) is 1. The van der Waals surface area contributed by atoms with Crippen LogP contribution in [0.15, 0.2) is 12.3 Å². The van der Waals surface area contributed by atoms with Gasteiger partial charge in [0, 0.05) is 16.3 Å². The first kappa shape index (κ1) is 11.4. The molecule has 2 heterocycles. The van der Waals surface area contributed by atoms with Crippen LogP contribution >= 0.6 is 22.6 Å². The summed E-state index contributed by atoms with van der Waals surface area (Å²) in [4.78, 5) is 27.2. The molecule has 1 fully saturated rings. The summed E-state index contributed by atoms with van der Waals surface area (Å²) < 4.78 is 0.937. The molecule has 0 saturated carbocycles. The molecular weight excluding hydrogens is 323 g/mol. The minimum absolute atomic E-state index is 0.229. The van der Waals surface area contributed by atoms with E-state index in [1.165, 1.54) is 4.90 Å². The number of hydrogen-bond acceptors (Lipinski definition) is 2. The fraction of sp³-hybridized carbons (Fsp3) is 0.400. The van der Waals surface area contributed by atoms with Crippen molar-refractivity contribution in [1.29, 1.82) is 0 Å². The average molecular weight is 334 g/mol. The number of likely N-dealkylation sites (tertiary alicyclic amines) is 1. The van der Waals surface area contributed by atoms with Gasteiger partial charge >= 0.3 is 5.97 Å². The molecule has 0 aromatic carbocycles. The van der Waals surface area contributed by atoms with Crippen LogP contribution in [0.25, 0.3) is 0 Å². The Morgan fingerprint density at radius 1 is 1.56 bits per heavy atom. The standard InChI is InChI=1S/C10H11IN2O3/c11-6-4-7(12-5-6)9(14)13-3-1-2-8(13)10(15)16/h4-5,8,12H,1-3H2,(H,15,16)/t8-/m1/s1. The van der Waals surface area contributed by atoms with Gasteiger partial charge in [-0.05, 0) is 41.5 Å². The Labute approximate surface area is 106 Å². The van der Waals surface area contributed by atoms with Gasteiger partial charge in [-0.2, -0.15) is 0 Å². The first-order valence-corrected chi connectivity index (χ1v) is 6.05. The lowest BCUT2D eigenvalue weighted by molar-refractivity contribution is -0.141. The minimum atomic E-state index is -0.924. The summed E-state index contributed by atoms with van der Waals surface area (Å²) in [6, 6.07) is 1.05. The molecule has 2 N–H and O–H groups in total. The lowest BCUT2D eigenvalue weighted by atomic mass is 10.2. The number of amides is 1. The van der Waals surface area contributed by atoms with Crippen molar-refractivity contribution in [2.24, 2.45) is 0 Å². The third-order valence-electron chi connectivity index (χ3n) is 2.68. The molecule has 6 heteroatoms. The van der Waals surface area contributed by atoms with Gasteiger partial charge in [-0.1, -0.05) is 0 Å². The third kappa shape index (κ3) is 2.06. The number of aromatic nitrogens is 1. The van der Waals surface area contributed by atoms with E-state index in [9.17, 15) is 9.59 Å². The molecule has 1 aliphatic heterocycles. The van der Waals surface area contributed by atoms with Crippen molar-refractivity contribution in [3.8, 4) is 0 Å². The quantitative estimate of drug-likeness (QED) is 0.801. The maximum atomic E-state index is 12.0. The summed E-state index contributed by atoms with van der Waals surface area (Å²) in [6.07, 6.45) is 3.01. The minimum Gasteiger partial charge on any atom is -0.480 e. The van der Waals surface area contributed by atoms with Crippen LogP contribution in [0.5, 0.6) is 0 Å². The van der Waals surface area contributed by atoms with E-state index < -0.39 is 12.0 Å². The van der Waals surface area contributed by atoms with Gasteiger partial charge in [-0.3, -0.25) is 4.79 Å². The maximum absolute atomic E-state index is 12.0. The number of hydrogen-bond donors (Lipinski definition) is 2. The van der Waals surface area contributed by atoms with Crippen molar-refractivity contribution < 1.29 is 14.7 Å². The molecule has 2 rings (SSSR count). The highest BCUT2D eigenvalue weighted by Gasteiger charge is 2.34. The number of aromatic amines is 1. The van der Waals surface area contributed by atoms with E-state index in [0.29, 0.717) is 18.7 Å². The van der Waals surface area contributed by atoms with Crippen LogP contribution in [0.4, 0.5) is 0 Å². The third-order valence-corrected chi connectivity index (χ3v) is 3.30. The van der Waals surface area contributed by atoms with E-state index in [0.717, 1.165) is 9.99 Å². The van der Waals surface area contributed by atoms with Gasteiger partial charge in [-0.15, -0.1) is 0 Å². The summed E-state index contributed by atoms with van der Waals surface area (Å²) in [5.74, 6) is -1.15. The summed E-state index contributed by atoms with van der Waals surface area (Å²) in [7, 11) is 0. The van der Waals surface area contributed by atoms with Crippen LogP contribution < -0.4 is 0 Å². The second kappa shape index (κ2) is 4.44. The average Bonchev–Trinajstić information content (AvgIpc) is 2.84. The number of nitrogens with one attached hydrogen (secondary N) is 1. The Morgan fingerprint density at radius 3 is 2.88 bits per heavy atom. The van der Waals surface area contributed by atoms with Gasteiger partial charge in [0.1, 0.15) is 11.7 Å². The first-order valence-electron chi connectivity index (χ1n) is 4.97. The number of carboxylic acids is 1. The number of carbonyl (C=O) groups excluding carboxylic acids is 1. The lowest BCUT2D eigenvalue weighted by Gasteiger charge is -2.20. The van der Waals surface area contributed by atoms with Gasteiger partial charge in [0.05, 0.1) is 0 Å². The van der Waals surface area contributed by atoms with E-state index in [1.54, 1.807) is 12.3 Å². The van der Waals surface area contributed by atoms with Crippen LogP contribution in [-0.4, -0.2) is 39.5 Å². The Bertz CT molecular complexity index is 429. The SMILES string of the molecule is O=C(O)[C@H]1CCCN1C(=O)c1cc(I)c[nH]1. The molecule has 0 unspecified atom stereocenters. The molecule has 0 radical (unpaired) electrons. The molecule has 5 nitrogen and oxygen atoms in total. The van der Waals surface area contributed by atoms with Crippen molar-refractivity contribution in [1.82, 2.24) is 9.88 Å². The highest BCUT2D eigenvalue weighted by Crippen LogP contribution is 2.20. The van der Waals surface area contributed by atoms with Crippen LogP contribution in [0.1, 0.15) is 23.3 Å². The van der Waals surface area contributed by atoms with E-state index in [4.69, 9.17) is 5.11 Å². The monoisotopic (exact) mass is 334 g/mol. The summed E-state index contributed by atoms with van der Waals surface area (Å²) in [5, 5.41) is 8.98. The topological polar surface area (TPSA) is 73.4 Å². The molecule has 1 aromatic heterocycles. The second-order valence-electron chi connectivity index (χ2n) is 3.73. The van der Waals surface area contributed by atoms with Crippen LogP contribution in [-0.2, 0) is 4.79 Å². The predicted molar refractivity (Wildman–Crippen MR) is 65.2 cm³/mol. The summed E-state index contributed by atoms with van der Waals surface area (Å²) >= 11 is 2.10. The number of rotatable bonds is 2. The number of H-pyrrole nitrogens is 1. The van der Waals surface area contributed by atoms with Crippen molar-refractivity contribution in [3.05, 3.63) is 21.5 Å². The molecule has 0 aliphatic carbocycles. The van der Waals surface area contributed by atoms with Gasteiger partial charge < -0.3 is 15.0 Å². The Hall–Kier alpha value is -1.05. The molecule has 1 saturated heterocycles. The van der Waals surface area contributed by atoms with Crippen LogP contribution in [0, 0.1) is 3.57 Å². The molecule has 86 valence electrons. The zero-order valence-corrected chi connectivity index (χ0v) is 10.6. The summed E-state index contributed by atoms with van der Waals surface area (Å²) in [6.45, 7) is 0.519. The van der Waals surface area contributed by atoms with Gasteiger partial charge in [0.2, 0.25) is 0 Å². The maximum Gasteiger partial charge on any atom is 0.326 e. The Morgan fingerprint density at radius 2 is 2.31 bits per heavy atom. The van der Waals surface area contributed by atoms with Crippen molar-refractivity contribution >= 4 is 34.5 Å². The highest BCUT2D eigenvalue weighted by atomic mass is 127. The number of nitrogens with zero attached hydrogens (tertiary/aromatic N) is 1. The van der Waals surface area contributed by atoms with E-state index >= 15 is 0 Å². The van der Waals surface area contributed by atoms with Gasteiger partial charge in [0.25, 0.3) is 5.91 Å². The number of aliphatic carboxylic acids is 1. The zero-order valence-electron chi connectivity index (χ0n) is 8.44. The highest BCUT2D eigenvalue weighted by molar-refractivity contribution is 14.1. The molecule has 1 aliphatic rings. The second-order valence-corrected chi connectivity index (χ2v) is 4.97.